The number of aromatic nitrogens is 1. The van der Waals surface area contributed by atoms with Crippen LogP contribution in [0.3, 0.4) is 0 Å². The maximum atomic E-state index is 4.04. The maximum Gasteiger partial charge on any atom is 0.0409 e. The number of benzene rings is 38. The third kappa shape index (κ3) is 2.82. The Kier molecular flexibility index (Phi) is 4.30. The first-order chi connectivity index (χ1) is 71.3. The molecule has 143 heavy (non-hydrogen) atoms. The quantitative estimate of drug-likeness (QED) is 0.146. The van der Waals surface area contributed by atoms with E-state index in [1.807, 2.05) is 44.5 Å². The standard InChI is InChI=1S/C142H17N/c1-11-5-139-131-115-99-79-59-43-27-23-24-29-37-35(27)51-67-53(37)73-61-45(29)46-30(24)38-36-28(23)44(43)60-72-52(36)68-54(38)74-62(46)82-81(61)101-89(73)109-95(67)107(87(99)71(51)59)123(131)125(109)133-117(101)118-102(82)90(74)110-96(68)108-88(72)100(80(60)79)116(115)132(139)124(108)126(110)134(118)140(133,139)6-12(11)2-16-15(1)21-17-3-13-7-141-135-119-103-83-63-47-31-25-26-33-41-39(31)55-69-57(41)77-65-49(33)50-34(26)42-40-32(25)48(47)64-76-56(40)70-58(42)78-66(50)86-85(65)105-93(77)113-97(69)111(91(103)75(55)63)127(135)129(113)137-121(105)122-106(86)94(78)114-98(70)112-92(76)104(84(64)83)120(119)136(141)128(112)130(114)138(122)142(137,141)8-14(13)4-18(17)22(16)20-10-143-9-19(20)21/h1-4,9-10,21-22,143H,5-8H2. The van der Waals surface area contributed by atoms with Crippen LogP contribution in [-0.4, -0.2) is 4.98 Å². The van der Waals surface area contributed by atoms with Crippen LogP contribution in [0, 0.1) is 0 Å². The Balaban J connectivity index is 0.516. The Labute approximate surface area is 776 Å². The normalized spacial score (nSPS) is 23.8. The number of rotatable bonds is 0. The van der Waals surface area contributed by atoms with Crippen molar-refractivity contribution < 1.29 is 0 Å². The van der Waals surface area contributed by atoms with Crippen LogP contribution in [0.2, 0.25) is 0 Å². The second-order valence-electron chi connectivity index (χ2n) is 54.6. The largest absolute Gasteiger partial charge is 0.367 e. The molecule has 0 radical (unpaired) electrons. The van der Waals surface area contributed by atoms with E-state index in [-0.39, 0.29) is 33.5 Å². The van der Waals surface area contributed by atoms with Gasteiger partial charge in [-0.2, -0.15) is 0 Å². The minimum atomic E-state index is -0.358. The second-order valence-corrected chi connectivity index (χ2v) is 54.6. The number of hydrogen-bond acceptors (Lipinski definition) is 0. The van der Waals surface area contributed by atoms with Crippen molar-refractivity contribution in [2.45, 2.75) is 59.2 Å². The van der Waals surface area contributed by atoms with E-state index in [9.17, 15) is 0 Å². The van der Waals surface area contributed by atoms with Crippen LogP contribution in [0.1, 0.15) is 112 Å². The molecule has 0 unspecified atom stereocenters. The summed E-state index contributed by atoms with van der Waals surface area (Å²) in [6.07, 6.45) is 9.25. The van der Waals surface area contributed by atoms with E-state index in [2.05, 4.69) is 41.6 Å². The predicted molar refractivity (Wildman–Crippen MR) is 598 cm³/mol. The zero-order valence-electron chi connectivity index (χ0n) is 72.9. The summed E-state index contributed by atoms with van der Waals surface area (Å²) in [5.41, 5.74) is 29.5. The summed E-state index contributed by atoms with van der Waals surface area (Å²) in [5, 5.41) is 183. The van der Waals surface area contributed by atoms with E-state index in [1.165, 1.54) is 0 Å². The van der Waals surface area contributed by atoms with Gasteiger partial charge in [0, 0.05) is 45.9 Å². The first-order valence-electron chi connectivity index (χ1n) is 54.3. The van der Waals surface area contributed by atoms with Gasteiger partial charge in [-0.1, -0.05) is 24.3 Å². The lowest BCUT2D eigenvalue weighted by molar-refractivity contribution is 0.297. The Morgan fingerprint density at radius 3 is 0.287 bits per heavy atom. The smallest absolute Gasteiger partial charge is 0.0409 e. The van der Waals surface area contributed by atoms with Gasteiger partial charge in [0.2, 0.25) is 0 Å². The lowest BCUT2D eigenvalue weighted by atomic mass is 9.43. The molecule has 590 valence electrons. The third-order valence-corrected chi connectivity index (χ3v) is 54.7. The molecule has 72 rings (SSSR count). The highest BCUT2D eigenvalue weighted by Gasteiger charge is 2.75. The molecular weight excluding hydrogens is 1720 g/mol. The SMILES string of the molecule is c1[nH]cc2c1C1c3cc4c(cc3C2c2cc3c(cc21)CC12c5c6c7c8c9c%10c(c%11c%12c1c1c5c5c%13c6c6c7c7c9c9c%14c%10c%10c%11c%11c%12c%12c1c1c5c5c%13c%13c6c6c7c9c7c9c%14c%10c%10c%11c%11c%12c1c1c5c5c%13c6c7c6c9c%10c%11c1c56)C82C3)CC12c3c5c6c7c8c9c(c%10c%11c1c1c3c3c%12c5c5c6c6c8c8c%13c9c9c%10c%10c%11c%11c1c1c3c3c%12c%12c5c5c6c8c6c8c%13c9c9c%10c%10c%11c1c1c3c3c%12c5c6c5c8c9c%10c1c35)C72C4. The van der Waals surface area contributed by atoms with Crippen molar-refractivity contribution in [1.29, 1.82) is 0 Å². The highest BCUT2D eigenvalue weighted by Crippen LogP contribution is 2.92. The first-order valence-corrected chi connectivity index (χ1v) is 54.3. The third-order valence-electron chi connectivity index (χ3n) is 54.7. The fourth-order valence-electron chi connectivity index (χ4n) is 54.6. The number of aromatic amines is 1. The summed E-state index contributed by atoms with van der Waals surface area (Å²) in [5.74, 6) is 0.202. The van der Waals surface area contributed by atoms with Gasteiger partial charge < -0.3 is 4.98 Å². The molecule has 1 nitrogen and oxygen atoms in total. The zero-order chi connectivity index (χ0) is 83.7. The average molecular weight is 1740 g/mol. The van der Waals surface area contributed by atoms with Crippen LogP contribution in [0.5, 0.6) is 0 Å². The zero-order valence-corrected chi connectivity index (χ0v) is 72.9. The number of H-pyrrole nitrogens is 1. The van der Waals surface area contributed by atoms with E-state index >= 15 is 0 Å². The summed E-state index contributed by atoms with van der Waals surface area (Å²) in [7, 11) is 0. The fourth-order valence-corrected chi connectivity index (χ4v) is 54.6. The van der Waals surface area contributed by atoms with Crippen LogP contribution < -0.4 is 0 Å². The molecule has 1 aromatic heterocycles. The Hall–Kier alpha value is -17.4. The summed E-state index contributed by atoms with van der Waals surface area (Å²) in [6.45, 7) is 0. The summed E-state index contributed by atoms with van der Waals surface area (Å²) in [6, 6.07) is 12.2. The molecule has 0 aliphatic heterocycles. The second kappa shape index (κ2) is 11.8. The van der Waals surface area contributed by atoms with Crippen LogP contribution in [0.4, 0.5) is 0 Å². The number of hydrogen-bond donors (Lipinski definition) is 1. The first kappa shape index (κ1) is 52.1. The summed E-state index contributed by atoms with van der Waals surface area (Å²) in [4.78, 5) is 4.04. The van der Waals surface area contributed by atoms with Gasteiger partial charge in [0.05, 0.1) is 0 Å². The maximum absolute atomic E-state index is 4.04. The van der Waals surface area contributed by atoms with Crippen molar-refractivity contribution in [3.05, 3.63) is 137 Å². The highest BCUT2D eigenvalue weighted by molar-refractivity contribution is 6.88. The van der Waals surface area contributed by atoms with Gasteiger partial charge in [0.15, 0.2) is 0 Å². The summed E-state index contributed by atoms with van der Waals surface area (Å²) < 4.78 is 0. The van der Waals surface area contributed by atoms with Crippen molar-refractivity contribution in [2.75, 3.05) is 0 Å². The Morgan fingerprint density at radius 2 is 0.196 bits per heavy atom. The molecule has 4 spiro atoms. The van der Waals surface area contributed by atoms with Crippen LogP contribution in [0.15, 0.2) is 36.7 Å². The van der Waals surface area contributed by atoms with Crippen LogP contribution in [0.25, 0.3) is 582 Å². The molecule has 1 heteroatoms. The van der Waals surface area contributed by atoms with Crippen molar-refractivity contribution in [1.82, 2.24) is 4.98 Å². The van der Waals surface area contributed by atoms with Crippen LogP contribution >= 0.6 is 0 Å². The van der Waals surface area contributed by atoms with Gasteiger partial charge in [-0.25, -0.2) is 0 Å². The molecule has 0 saturated heterocycles. The predicted octanol–water partition coefficient (Wildman–Crippen LogP) is 36.8. The lowest BCUT2D eigenvalue weighted by Crippen LogP contribution is -2.57. The fraction of sp³-hybridized carbons (Fsp3) is 0.0704. The molecule has 13 aliphatic carbocycles. The minimum absolute atomic E-state index is 0.101. The monoisotopic (exact) mass is 1740 g/mol. The topological polar surface area (TPSA) is 15.8 Å². The van der Waals surface area contributed by atoms with Gasteiger partial charge in [-0.3, -0.25) is 0 Å². The molecule has 0 atom stereocenters. The molecule has 58 aromatic carbocycles. The summed E-state index contributed by atoms with van der Waals surface area (Å²) >= 11 is 0. The van der Waals surface area contributed by atoms with Crippen molar-refractivity contribution in [3.63, 3.8) is 0 Å². The highest BCUT2D eigenvalue weighted by atomic mass is 14.8. The number of nitrogens with one attached hydrogen (secondary N) is 1. The molecule has 1 heterocycles. The molecular formula is C142H17N. The molecule has 0 fully saturated rings. The van der Waals surface area contributed by atoms with Gasteiger partial charge in [0.25, 0.3) is 0 Å². The van der Waals surface area contributed by atoms with Gasteiger partial charge >= 0.3 is 0 Å². The molecule has 0 saturated carbocycles. The van der Waals surface area contributed by atoms with Gasteiger partial charge in [-0.15, -0.1) is 0 Å². The molecule has 59 aromatic rings. The minimum Gasteiger partial charge on any atom is -0.367 e. The molecule has 1 N–H and O–H groups in total. The van der Waals surface area contributed by atoms with E-state index in [0.717, 1.165) is 25.7 Å². The molecule has 13 aliphatic rings. The number of fused-ring (bicyclic) bond motifs is 2. The average Bonchev–Trinajstić information content (AvgIpc) is 1.38. The Morgan fingerprint density at radius 1 is 0.112 bits per heavy atom. The Bertz CT molecular complexity index is 15100. The van der Waals surface area contributed by atoms with Gasteiger partial charge in [0.1, 0.15) is 0 Å². The van der Waals surface area contributed by atoms with E-state index < -0.39 is 0 Å². The van der Waals surface area contributed by atoms with Gasteiger partial charge in [-0.05, 0) is 708 Å². The molecule has 0 amide bonds. The lowest BCUT2D eigenvalue weighted by Gasteiger charge is -2.58. The molecule has 2 bridgehead atoms. The van der Waals surface area contributed by atoms with Crippen molar-refractivity contribution in [2.24, 2.45) is 0 Å². The van der Waals surface area contributed by atoms with E-state index in [0.29, 0.717) is 0 Å². The van der Waals surface area contributed by atoms with Crippen molar-refractivity contribution >= 4 is 582 Å². The van der Waals surface area contributed by atoms with Crippen molar-refractivity contribution in [3.8, 4) is 0 Å². The van der Waals surface area contributed by atoms with E-state index in [1.54, 1.807) is 637 Å². The van der Waals surface area contributed by atoms with E-state index in [4.69, 9.17) is 0 Å². The van der Waals surface area contributed by atoms with Crippen LogP contribution in [-0.2, 0) is 47.3 Å².